The Labute approximate surface area is 279 Å². The van der Waals surface area contributed by atoms with Crippen molar-refractivity contribution in [3.63, 3.8) is 0 Å². The molecular formula is C35H43N5O6S. The van der Waals surface area contributed by atoms with E-state index in [1.807, 2.05) is 80.6 Å². The number of thioether (sulfide) groups is 1. The molecule has 12 heteroatoms. The fourth-order valence-electron chi connectivity index (χ4n) is 6.20. The Morgan fingerprint density at radius 3 is 2.70 bits per heavy atom. The first kappa shape index (κ1) is 33.2. The Morgan fingerprint density at radius 2 is 1.98 bits per heavy atom. The third kappa shape index (κ3) is 8.43. The van der Waals surface area contributed by atoms with Crippen LogP contribution in [0.4, 0.5) is 4.79 Å². The second-order valence-electron chi connectivity index (χ2n) is 12.7. The maximum absolute atomic E-state index is 13.6. The second-order valence-corrected chi connectivity index (χ2v) is 14.4. The van der Waals surface area contributed by atoms with E-state index in [1.165, 1.54) is 0 Å². The van der Waals surface area contributed by atoms with E-state index in [1.54, 1.807) is 23.0 Å². The highest BCUT2D eigenvalue weighted by Crippen LogP contribution is 2.33. The number of benzene rings is 2. The summed E-state index contributed by atoms with van der Waals surface area (Å²) in [5, 5.41) is 19.6. The van der Waals surface area contributed by atoms with Gasteiger partial charge in [0.2, 0.25) is 6.29 Å². The first-order valence-corrected chi connectivity index (χ1v) is 17.1. The molecule has 2 amide bonds. The Morgan fingerprint density at radius 1 is 1.17 bits per heavy atom. The average molecular weight is 662 g/mol. The topological polar surface area (TPSA) is 134 Å². The number of aliphatic hydroxyl groups is 1. The number of hydrazine groups is 1. The zero-order chi connectivity index (χ0) is 32.8. The van der Waals surface area contributed by atoms with Gasteiger partial charge in [0.05, 0.1) is 36.6 Å². The standard InChI is InChI=1S/C35H43N5O6S/c1-35(2)31(37-22-47-35)32(42)39-40(19-24-11-13-25(14-12-24)27-10-6-7-16-36-27)20-29(41)28(18-23-8-4-3-5-9-23)38-34(43)46-30-21-45-33-26(30)15-17-44-33/h3-6,8-15,17,26,28-31,33,37,41H,7,16,18-22H2,1-2H3,(H,38,43)(H,39,42)/t26-,28-,29-,30-,31?,33+/m0/s1. The summed E-state index contributed by atoms with van der Waals surface area (Å²) < 4.78 is 16.4. The summed E-state index contributed by atoms with van der Waals surface area (Å²) in [5.74, 6) is 0.317. The highest BCUT2D eigenvalue weighted by molar-refractivity contribution is 8.00. The van der Waals surface area contributed by atoms with E-state index in [-0.39, 0.29) is 29.7 Å². The molecule has 4 aliphatic heterocycles. The maximum atomic E-state index is 13.6. The van der Waals surface area contributed by atoms with E-state index in [0.29, 0.717) is 18.8 Å². The minimum atomic E-state index is -1.06. The SMILES string of the molecule is CC1(C)SCNC1C(=O)NN(Cc1ccc(C2=NCCC=C2)cc1)C[C@H](O)[C@H](Cc1ccccc1)NC(=O)O[C@H]1CO[C@H]2OC=C[C@H]21. The number of hydrogen-bond donors (Lipinski definition) is 4. The van der Waals surface area contributed by atoms with Crippen LogP contribution in [0.1, 0.15) is 37.0 Å². The number of aliphatic hydroxyl groups excluding tert-OH is 1. The Hall–Kier alpha value is -3.68. The van der Waals surface area contributed by atoms with Crippen LogP contribution in [0.3, 0.4) is 0 Å². The molecule has 250 valence electrons. The van der Waals surface area contributed by atoms with Gasteiger partial charge in [-0.05, 0) is 55.5 Å². The van der Waals surface area contributed by atoms with Gasteiger partial charge in [-0.25, -0.2) is 9.80 Å². The summed E-state index contributed by atoms with van der Waals surface area (Å²) >= 11 is 1.69. The highest BCUT2D eigenvalue weighted by Gasteiger charge is 2.43. The van der Waals surface area contributed by atoms with Gasteiger partial charge in [0.1, 0.15) is 12.1 Å². The third-order valence-corrected chi connectivity index (χ3v) is 10.1. The molecule has 4 N–H and O–H groups in total. The lowest BCUT2D eigenvalue weighted by molar-refractivity contribution is -0.129. The van der Waals surface area contributed by atoms with E-state index in [0.717, 1.165) is 35.4 Å². The molecule has 0 aliphatic carbocycles. The number of nitrogens with zero attached hydrogens (tertiary/aromatic N) is 2. The number of amides is 2. The molecule has 47 heavy (non-hydrogen) atoms. The van der Waals surface area contributed by atoms with Crippen molar-refractivity contribution in [1.29, 1.82) is 0 Å². The van der Waals surface area contributed by atoms with Crippen molar-refractivity contribution in [2.75, 3.05) is 25.6 Å². The van der Waals surface area contributed by atoms with Crippen LogP contribution >= 0.6 is 11.8 Å². The van der Waals surface area contributed by atoms with Crippen molar-refractivity contribution in [3.8, 4) is 0 Å². The number of carbonyl (C=O) groups excluding carboxylic acids is 2. The highest BCUT2D eigenvalue weighted by atomic mass is 32.2. The van der Waals surface area contributed by atoms with Gasteiger partial charge in [-0.3, -0.25) is 20.5 Å². The Balaban J connectivity index is 1.18. The fourth-order valence-corrected chi connectivity index (χ4v) is 7.18. The van der Waals surface area contributed by atoms with E-state index >= 15 is 0 Å². The van der Waals surface area contributed by atoms with E-state index in [4.69, 9.17) is 14.2 Å². The number of fused-ring (bicyclic) bond motifs is 1. The van der Waals surface area contributed by atoms with Crippen LogP contribution in [0.5, 0.6) is 0 Å². The van der Waals surface area contributed by atoms with Crippen molar-refractivity contribution in [3.05, 3.63) is 95.8 Å². The predicted molar refractivity (Wildman–Crippen MR) is 180 cm³/mol. The second kappa shape index (κ2) is 15.0. The number of alkyl carbamates (subject to hydrolysis) is 1. The van der Waals surface area contributed by atoms with Crippen LogP contribution in [0.25, 0.3) is 0 Å². The molecule has 0 aromatic heterocycles. The van der Waals surface area contributed by atoms with Crippen LogP contribution in [-0.2, 0) is 32.0 Å². The van der Waals surface area contributed by atoms with Crippen LogP contribution in [0.15, 0.2) is 84.1 Å². The number of rotatable bonds is 12. The molecule has 2 aromatic rings. The van der Waals surface area contributed by atoms with Gasteiger partial charge in [-0.1, -0.05) is 60.7 Å². The van der Waals surface area contributed by atoms with E-state index in [9.17, 15) is 14.7 Å². The smallest absolute Gasteiger partial charge is 0.407 e. The van der Waals surface area contributed by atoms with Gasteiger partial charge < -0.3 is 24.6 Å². The van der Waals surface area contributed by atoms with Crippen molar-refractivity contribution in [2.24, 2.45) is 10.9 Å². The number of carbonyl (C=O) groups is 2. The Bertz CT molecular complexity index is 1480. The van der Waals surface area contributed by atoms with Gasteiger partial charge in [0.15, 0.2) is 0 Å². The predicted octanol–water partition coefficient (Wildman–Crippen LogP) is 3.29. The molecule has 6 atom stereocenters. The van der Waals surface area contributed by atoms with Gasteiger partial charge >= 0.3 is 6.09 Å². The summed E-state index contributed by atoms with van der Waals surface area (Å²) in [7, 11) is 0. The van der Waals surface area contributed by atoms with Crippen LogP contribution < -0.4 is 16.1 Å². The Kier molecular flexibility index (Phi) is 10.6. The number of aliphatic imine (C=N–C) groups is 1. The number of nitrogens with one attached hydrogen (secondary N) is 3. The molecule has 2 fully saturated rings. The first-order valence-electron chi connectivity index (χ1n) is 16.1. The monoisotopic (exact) mass is 661 g/mol. The summed E-state index contributed by atoms with van der Waals surface area (Å²) in [6, 6.07) is 16.6. The molecule has 2 aromatic carbocycles. The summed E-state index contributed by atoms with van der Waals surface area (Å²) in [4.78, 5) is 31.4. The zero-order valence-electron chi connectivity index (χ0n) is 26.7. The molecule has 11 nitrogen and oxygen atoms in total. The van der Waals surface area contributed by atoms with Crippen molar-refractivity contribution < 1.29 is 28.9 Å². The largest absolute Gasteiger partial charge is 0.472 e. The van der Waals surface area contributed by atoms with E-state index in [2.05, 4.69) is 27.1 Å². The third-order valence-electron chi connectivity index (χ3n) is 8.85. The summed E-state index contributed by atoms with van der Waals surface area (Å²) in [6.07, 6.45) is 6.19. The number of allylic oxidation sites excluding steroid dienone is 1. The number of hydrogen-bond acceptors (Lipinski definition) is 10. The lowest BCUT2D eigenvalue weighted by Gasteiger charge is -2.32. The molecule has 1 unspecified atom stereocenters. The molecule has 4 heterocycles. The average Bonchev–Trinajstić information content (AvgIpc) is 3.79. The minimum absolute atomic E-state index is 0.0504. The molecule has 0 saturated carbocycles. The lowest BCUT2D eigenvalue weighted by atomic mass is 10.0. The van der Waals surface area contributed by atoms with Crippen LogP contribution in [0.2, 0.25) is 0 Å². The molecule has 0 spiro atoms. The lowest BCUT2D eigenvalue weighted by Crippen LogP contribution is -2.57. The zero-order valence-corrected chi connectivity index (χ0v) is 27.5. The van der Waals surface area contributed by atoms with Gasteiger partial charge in [-0.15, -0.1) is 11.8 Å². The molecule has 6 rings (SSSR count). The van der Waals surface area contributed by atoms with Crippen molar-refractivity contribution in [2.45, 2.75) is 68.6 Å². The minimum Gasteiger partial charge on any atom is -0.472 e. The van der Waals surface area contributed by atoms with Crippen molar-refractivity contribution >= 4 is 29.5 Å². The summed E-state index contributed by atoms with van der Waals surface area (Å²) in [5.41, 5.74) is 6.93. The van der Waals surface area contributed by atoms with Crippen LogP contribution in [-0.4, -0.2) is 88.7 Å². The molecular weight excluding hydrogens is 618 g/mol. The maximum Gasteiger partial charge on any atom is 0.407 e. The number of dihydropyridines is 1. The molecule has 2 saturated heterocycles. The molecule has 0 bridgehead atoms. The number of ether oxygens (including phenoxy) is 3. The molecule has 0 radical (unpaired) electrons. The summed E-state index contributed by atoms with van der Waals surface area (Å²) in [6.45, 7) is 5.47. The van der Waals surface area contributed by atoms with Gasteiger partial charge in [0, 0.05) is 30.3 Å². The first-order chi connectivity index (χ1) is 22.7. The van der Waals surface area contributed by atoms with Gasteiger partial charge in [-0.2, -0.15) is 0 Å². The van der Waals surface area contributed by atoms with Crippen molar-refractivity contribution in [1.82, 2.24) is 21.1 Å². The molecule has 4 aliphatic rings. The van der Waals surface area contributed by atoms with Crippen LogP contribution in [0, 0.1) is 5.92 Å². The normalized spacial score (nSPS) is 25.5. The van der Waals surface area contributed by atoms with Gasteiger partial charge in [0.25, 0.3) is 5.91 Å². The van der Waals surface area contributed by atoms with E-state index < -0.39 is 36.7 Å². The fraction of sp³-hybridized carbons (Fsp3) is 0.457. The quantitative estimate of drug-likeness (QED) is 0.253.